The molecule has 0 radical (unpaired) electrons. The van der Waals surface area contributed by atoms with Gasteiger partial charge in [-0.1, -0.05) is 30.3 Å². The van der Waals surface area contributed by atoms with E-state index in [1.807, 2.05) is 0 Å². The molecule has 1 heterocycles. The number of carbonyl (C=O) groups is 2. The zero-order chi connectivity index (χ0) is 19.6. The van der Waals surface area contributed by atoms with Crippen LogP contribution in [0.4, 0.5) is 23.2 Å². The zero-order valence-electron chi connectivity index (χ0n) is 13.6. The van der Waals surface area contributed by atoms with Crippen molar-refractivity contribution in [3.05, 3.63) is 66.1 Å². The van der Waals surface area contributed by atoms with Gasteiger partial charge in [-0.2, -0.15) is 13.2 Å². The average Bonchev–Trinajstić information content (AvgIpc) is 3.01. The van der Waals surface area contributed by atoms with Gasteiger partial charge in [-0.3, -0.25) is 9.59 Å². The quantitative estimate of drug-likeness (QED) is 0.480. The number of nitrogens with one attached hydrogen (secondary N) is 3. The van der Waals surface area contributed by atoms with E-state index in [9.17, 15) is 27.2 Å². The van der Waals surface area contributed by atoms with E-state index in [1.165, 1.54) is 48.7 Å². The molecule has 0 saturated heterocycles. The summed E-state index contributed by atoms with van der Waals surface area (Å²) in [5.41, 5.74) is 0.310. The molecule has 0 spiro atoms. The van der Waals surface area contributed by atoms with Gasteiger partial charge in [-0.15, -0.1) is 0 Å². The third kappa shape index (κ3) is 4.08. The van der Waals surface area contributed by atoms with Gasteiger partial charge >= 0.3 is 18.0 Å². The van der Waals surface area contributed by atoms with E-state index in [2.05, 4.69) is 10.3 Å². The van der Waals surface area contributed by atoms with Crippen LogP contribution in [0.1, 0.15) is 11.6 Å². The molecule has 0 bridgehead atoms. The van der Waals surface area contributed by atoms with Crippen molar-refractivity contribution in [1.29, 1.82) is 0 Å². The highest BCUT2D eigenvalue weighted by atomic mass is 19.4. The van der Waals surface area contributed by atoms with Crippen LogP contribution in [0.3, 0.4) is 0 Å². The van der Waals surface area contributed by atoms with Crippen molar-refractivity contribution in [2.24, 2.45) is 0 Å². The Bertz CT molecular complexity index is 983. The van der Waals surface area contributed by atoms with Crippen molar-refractivity contribution in [2.45, 2.75) is 12.2 Å². The number of aromatic nitrogens is 1. The first-order chi connectivity index (χ1) is 12.8. The zero-order valence-corrected chi connectivity index (χ0v) is 13.6. The second-order valence-corrected chi connectivity index (χ2v) is 5.71. The maximum atomic E-state index is 13.3. The molecule has 0 fully saturated rings. The van der Waals surface area contributed by atoms with Gasteiger partial charge in [-0.25, -0.2) is 4.39 Å². The van der Waals surface area contributed by atoms with Crippen molar-refractivity contribution in [1.82, 2.24) is 10.3 Å². The molecule has 0 aliphatic heterocycles. The summed E-state index contributed by atoms with van der Waals surface area (Å²) in [6, 6.07) is 8.10. The van der Waals surface area contributed by atoms with Crippen LogP contribution in [0.5, 0.6) is 0 Å². The predicted octanol–water partition coefficient (Wildman–Crippen LogP) is 3.67. The average molecular weight is 379 g/mol. The number of rotatable bonds is 3. The lowest BCUT2D eigenvalue weighted by molar-refractivity contribution is -0.164. The molecular formula is C18H13F4N3O2. The summed E-state index contributed by atoms with van der Waals surface area (Å²) in [6.45, 7) is 0. The molecule has 0 aliphatic rings. The molecule has 9 heteroatoms. The summed E-state index contributed by atoms with van der Waals surface area (Å²) in [7, 11) is 0. The van der Waals surface area contributed by atoms with Crippen molar-refractivity contribution >= 4 is 28.4 Å². The Morgan fingerprint density at radius 1 is 1.00 bits per heavy atom. The second-order valence-electron chi connectivity index (χ2n) is 5.71. The predicted molar refractivity (Wildman–Crippen MR) is 90.3 cm³/mol. The summed E-state index contributed by atoms with van der Waals surface area (Å²) < 4.78 is 53.0. The number of anilines is 1. The van der Waals surface area contributed by atoms with Crippen LogP contribution in [0, 0.1) is 5.82 Å². The van der Waals surface area contributed by atoms with E-state index < -0.39 is 29.8 Å². The second kappa shape index (κ2) is 7.10. The fourth-order valence-electron chi connectivity index (χ4n) is 2.58. The molecule has 27 heavy (non-hydrogen) atoms. The highest BCUT2D eigenvalue weighted by Gasteiger charge is 2.42. The van der Waals surface area contributed by atoms with E-state index in [-0.39, 0.29) is 11.3 Å². The molecule has 1 atom stereocenters. The first-order valence-corrected chi connectivity index (χ1v) is 7.76. The first kappa shape index (κ1) is 18.4. The minimum Gasteiger partial charge on any atom is -0.359 e. The molecule has 0 saturated carbocycles. The SMILES string of the molecule is O=C(Nc1c[nH]c2cc(F)ccc12)C(=O)NC(c1ccccc1)C(F)(F)F. The minimum absolute atomic E-state index is 0.147. The molecule has 2 aromatic carbocycles. The number of aromatic amines is 1. The third-order valence-electron chi connectivity index (χ3n) is 3.83. The lowest BCUT2D eigenvalue weighted by Crippen LogP contribution is -2.43. The van der Waals surface area contributed by atoms with Crippen molar-refractivity contribution in [2.75, 3.05) is 5.32 Å². The topological polar surface area (TPSA) is 74.0 Å². The number of alkyl halides is 3. The van der Waals surface area contributed by atoms with Crippen LogP contribution in [-0.4, -0.2) is 23.0 Å². The number of fused-ring (bicyclic) bond motifs is 1. The Morgan fingerprint density at radius 2 is 1.70 bits per heavy atom. The largest absolute Gasteiger partial charge is 0.412 e. The molecule has 140 valence electrons. The summed E-state index contributed by atoms with van der Waals surface area (Å²) in [4.78, 5) is 26.7. The molecular weight excluding hydrogens is 366 g/mol. The summed E-state index contributed by atoms with van der Waals surface area (Å²) in [6.07, 6.45) is -3.47. The van der Waals surface area contributed by atoms with Gasteiger partial charge in [0.05, 0.1) is 11.2 Å². The molecule has 3 rings (SSSR count). The number of benzene rings is 2. The summed E-state index contributed by atoms with van der Waals surface area (Å²) in [5.74, 6) is -3.22. The lowest BCUT2D eigenvalue weighted by atomic mass is 10.1. The molecule has 0 aliphatic carbocycles. The fraction of sp³-hybridized carbons (Fsp3) is 0.111. The van der Waals surface area contributed by atoms with Gasteiger partial charge in [0.2, 0.25) is 0 Å². The molecule has 5 nitrogen and oxygen atoms in total. The Labute approximate surface area is 150 Å². The Kier molecular flexibility index (Phi) is 4.85. The molecule has 1 unspecified atom stereocenters. The van der Waals surface area contributed by atoms with Crippen LogP contribution in [0.2, 0.25) is 0 Å². The fourth-order valence-corrected chi connectivity index (χ4v) is 2.58. The van der Waals surface area contributed by atoms with E-state index in [0.717, 1.165) is 6.07 Å². The lowest BCUT2D eigenvalue weighted by Gasteiger charge is -2.21. The van der Waals surface area contributed by atoms with Crippen LogP contribution in [0.15, 0.2) is 54.7 Å². The van der Waals surface area contributed by atoms with Crippen molar-refractivity contribution in [3.63, 3.8) is 0 Å². The highest BCUT2D eigenvalue weighted by Crippen LogP contribution is 2.32. The first-order valence-electron chi connectivity index (χ1n) is 7.76. The van der Waals surface area contributed by atoms with E-state index in [1.54, 1.807) is 5.32 Å². The van der Waals surface area contributed by atoms with Gasteiger partial charge in [-0.05, 0) is 23.8 Å². The molecule has 2 amide bonds. The third-order valence-corrected chi connectivity index (χ3v) is 3.83. The van der Waals surface area contributed by atoms with Gasteiger partial charge < -0.3 is 15.6 Å². The number of halogens is 4. The molecule has 3 aromatic rings. The highest BCUT2D eigenvalue weighted by molar-refractivity contribution is 6.40. The maximum Gasteiger partial charge on any atom is 0.412 e. The van der Waals surface area contributed by atoms with Gasteiger partial charge in [0.15, 0.2) is 6.04 Å². The number of hydrogen-bond donors (Lipinski definition) is 3. The molecule has 3 N–H and O–H groups in total. The maximum absolute atomic E-state index is 13.3. The normalized spacial score (nSPS) is 12.6. The standard InChI is InChI=1S/C18H13F4N3O2/c19-11-6-7-12-13(8-11)23-9-14(12)24-16(26)17(27)25-15(18(20,21)22)10-4-2-1-3-5-10/h1-9,15,23H,(H,24,26)(H,25,27). The molecule has 1 aromatic heterocycles. The summed E-state index contributed by atoms with van der Waals surface area (Å²) in [5, 5.41) is 4.33. The van der Waals surface area contributed by atoms with E-state index in [0.29, 0.717) is 10.9 Å². The minimum atomic E-state index is -4.78. The number of hydrogen-bond acceptors (Lipinski definition) is 2. The van der Waals surface area contributed by atoms with Gasteiger partial charge in [0.25, 0.3) is 0 Å². The number of H-pyrrole nitrogens is 1. The number of carbonyl (C=O) groups excluding carboxylic acids is 2. The van der Waals surface area contributed by atoms with E-state index >= 15 is 0 Å². The van der Waals surface area contributed by atoms with Crippen molar-refractivity contribution < 1.29 is 27.2 Å². The van der Waals surface area contributed by atoms with E-state index in [4.69, 9.17) is 0 Å². The van der Waals surface area contributed by atoms with Gasteiger partial charge in [0.1, 0.15) is 5.82 Å². The van der Waals surface area contributed by atoms with Crippen LogP contribution < -0.4 is 10.6 Å². The Morgan fingerprint density at radius 3 is 2.37 bits per heavy atom. The van der Waals surface area contributed by atoms with Gasteiger partial charge in [0, 0.05) is 11.6 Å². The Hall–Kier alpha value is -3.36. The number of amides is 2. The van der Waals surface area contributed by atoms with Crippen molar-refractivity contribution in [3.8, 4) is 0 Å². The van der Waals surface area contributed by atoms with Crippen LogP contribution >= 0.6 is 0 Å². The summed E-state index contributed by atoms with van der Waals surface area (Å²) >= 11 is 0. The van der Waals surface area contributed by atoms with Crippen LogP contribution in [0.25, 0.3) is 10.9 Å². The monoisotopic (exact) mass is 379 g/mol. The van der Waals surface area contributed by atoms with Crippen LogP contribution in [-0.2, 0) is 9.59 Å². The Balaban J connectivity index is 1.77. The smallest absolute Gasteiger partial charge is 0.359 e.